The Bertz CT molecular complexity index is 861. The van der Waals surface area contributed by atoms with Crippen LogP contribution in [0, 0.1) is 45.8 Å². The van der Waals surface area contributed by atoms with Gasteiger partial charge in [0.15, 0.2) is 11.6 Å². The second-order valence-electron chi connectivity index (χ2n) is 10.2. The zero-order valence-electron chi connectivity index (χ0n) is 16.3. The predicted molar refractivity (Wildman–Crippen MR) is 94.7 cm³/mol. The van der Waals surface area contributed by atoms with Crippen molar-refractivity contribution < 1.29 is 34.4 Å². The number of aliphatic hydroxyl groups excluding tert-OH is 1. The Labute approximate surface area is 162 Å². The van der Waals surface area contributed by atoms with Crippen LogP contribution in [0.25, 0.3) is 0 Å². The van der Waals surface area contributed by atoms with Crippen LogP contribution in [0.4, 0.5) is 0 Å². The minimum atomic E-state index is -2.15. The number of allylic oxidation sites excluding steroid dienone is 1. The number of carbonyl (C=O) groups excluding carboxylic acids is 2. The maximum absolute atomic E-state index is 13.7. The lowest BCUT2D eigenvalue weighted by Gasteiger charge is -2.69. The van der Waals surface area contributed by atoms with E-state index in [1.54, 1.807) is 13.8 Å². The third-order valence-corrected chi connectivity index (χ3v) is 9.28. The summed E-state index contributed by atoms with van der Waals surface area (Å²) in [5.74, 6) is -7.35. The Kier molecular flexibility index (Phi) is 3.14. The van der Waals surface area contributed by atoms with Gasteiger partial charge in [0.1, 0.15) is 12.0 Å². The molecule has 2 spiro atoms. The van der Waals surface area contributed by atoms with Gasteiger partial charge in [-0.15, -0.1) is 0 Å². The zero-order chi connectivity index (χ0) is 20.6. The normalized spacial score (nSPS) is 56.0. The number of aliphatic hydroxyl groups is 2. The standard InChI is InChI=1S/C21H26O7/c1-8-10-5-6-11-19-7-28-21(27,20(11,9(10)2)14(8)22)16(24)13(19)18(3,4)12(15(19)23)17(25)26/h9-13,16,24,27H,1,5-7H2,2-4H3,(H,25,26)/t9-,10+,11+,12?,13-,16+,19+,20+,21-/m1/s1. The Morgan fingerprint density at radius 1 is 1.25 bits per heavy atom. The van der Waals surface area contributed by atoms with Gasteiger partial charge in [-0.2, -0.15) is 0 Å². The maximum atomic E-state index is 13.7. The molecule has 0 aromatic rings. The lowest BCUT2D eigenvalue weighted by atomic mass is 9.39. The summed E-state index contributed by atoms with van der Waals surface area (Å²) < 4.78 is 5.78. The zero-order valence-corrected chi connectivity index (χ0v) is 16.3. The summed E-state index contributed by atoms with van der Waals surface area (Å²) in [6, 6.07) is 0. The number of carboxylic acids is 1. The molecule has 9 atom stereocenters. The first-order valence-electron chi connectivity index (χ1n) is 9.96. The van der Waals surface area contributed by atoms with E-state index in [1.165, 1.54) is 0 Å². The molecule has 0 aromatic heterocycles. The van der Waals surface area contributed by atoms with E-state index in [-0.39, 0.29) is 24.2 Å². The van der Waals surface area contributed by atoms with E-state index in [0.29, 0.717) is 18.4 Å². The van der Waals surface area contributed by atoms with Crippen LogP contribution in [0.5, 0.6) is 0 Å². The third-order valence-electron chi connectivity index (χ3n) is 9.28. The van der Waals surface area contributed by atoms with Crippen LogP contribution in [-0.4, -0.2) is 51.4 Å². The lowest BCUT2D eigenvalue weighted by molar-refractivity contribution is -0.425. The van der Waals surface area contributed by atoms with Gasteiger partial charge in [0.2, 0.25) is 5.79 Å². The SMILES string of the molecule is C=C1C(=O)[C@]23[C@H](C)[C@H]1CC[C@H]2[C@@]12CO[C@]3(O)[C@@H](O)[C@@H]1C(C)(C)C(C(=O)O)C2=O. The maximum Gasteiger partial charge on any atom is 0.314 e. The number of carboxylic acid groups (broad SMARTS) is 1. The molecule has 2 saturated heterocycles. The summed E-state index contributed by atoms with van der Waals surface area (Å²) in [7, 11) is 0. The van der Waals surface area contributed by atoms with Crippen molar-refractivity contribution in [1.82, 2.24) is 0 Å². The van der Waals surface area contributed by atoms with Gasteiger partial charge in [-0.25, -0.2) is 0 Å². The molecule has 2 heterocycles. The quantitative estimate of drug-likeness (QED) is 0.447. The van der Waals surface area contributed by atoms with Gasteiger partial charge in [-0.1, -0.05) is 27.4 Å². The van der Waals surface area contributed by atoms with Crippen LogP contribution in [0.2, 0.25) is 0 Å². The van der Waals surface area contributed by atoms with Crippen molar-refractivity contribution in [1.29, 1.82) is 0 Å². The van der Waals surface area contributed by atoms with E-state index in [2.05, 4.69) is 6.58 Å². The van der Waals surface area contributed by atoms with E-state index in [1.807, 2.05) is 6.92 Å². The number of Topliss-reactive ketones (excluding diaryl/α,β-unsaturated/α-hetero) is 2. The molecule has 1 unspecified atom stereocenters. The monoisotopic (exact) mass is 390 g/mol. The van der Waals surface area contributed by atoms with Gasteiger partial charge in [0.25, 0.3) is 0 Å². The number of hydrogen-bond donors (Lipinski definition) is 3. The van der Waals surface area contributed by atoms with Crippen LogP contribution in [0.3, 0.4) is 0 Å². The van der Waals surface area contributed by atoms with Crippen LogP contribution in [-0.2, 0) is 19.1 Å². The van der Waals surface area contributed by atoms with Gasteiger partial charge >= 0.3 is 5.97 Å². The molecule has 152 valence electrons. The fraction of sp³-hybridized carbons (Fsp3) is 0.762. The summed E-state index contributed by atoms with van der Waals surface area (Å²) >= 11 is 0. The molecule has 6 fully saturated rings. The number of ether oxygens (including phenoxy) is 1. The molecule has 2 aliphatic heterocycles. The first-order valence-corrected chi connectivity index (χ1v) is 9.96. The number of hydrogen-bond acceptors (Lipinski definition) is 6. The summed E-state index contributed by atoms with van der Waals surface area (Å²) in [5.41, 5.74) is -3.42. The Hall–Kier alpha value is -1.57. The first kappa shape index (κ1) is 18.5. The number of fused-ring (bicyclic) bond motifs is 2. The highest BCUT2D eigenvalue weighted by molar-refractivity contribution is 6.09. The molecule has 6 rings (SSSR count). The van der Waals surface area contributed by atoms with Crippen LogP contribution >= 0.6 is 0 Å². The molecular weight excluding hydrogens is 364 g/mol. The van der Waals surface area contributed by atoms with Crippen molar-refractivity contribution in [3.05, 3.63) is 12.2 Å². The smallest absolute Gasteiger partial charge is 0.314 e. The van der Waals surface area contributed by atoms with Gasteiger partial charge in [0, 0.05) is 5.92 Å². The van der Waals surface area contributed by atoms with Gasteiger partial charge in [-0.05, 0) is 41.6 Å². The molecule has 7 heteroatoms. The topological polar surface area (TPSA) is 121 Å². The van der Waals surface area contributed by atoms with E-state index in [4.69, 9.17) is 4.74 Å². The molecule has 28 heavy (non-hydrogen) atoms. The molecule has 4 bridgehead atoms. The molecule has 3 N–H and O–H groups in total. The molecule has 4 aliphatic carbocycles. The van der Waals surface area contributed by atoms with Crippen molar-refractivity contribution >= 4 is 17.5 Å². The molecule has 0 amide bonds. The lowest BCUT2D eigenvalue weighted by Crippen LogP contribution is -2.81. The number of carbonyl (C=O) groups is 3. The Morgan fingerprint density at radius 3 is 2.50 bits per heavy atom. The van der Waals surface area contributed by atoms with Crippen LogP contribution in [0.15, 0.2) is 12.2 Å². The summed E-state index contributed by atoms with van der Waals surface area (Å²) in [6.07, 6.45) is -0.371. The average molecular weight is 390 g/mol. The fourth-order valence-electron chi connectivity index (χ4n) is 8.41. The fourth-order valence-corrected chi connectivity index (χ4v) is 8.41. The third kappa shape index (κ3) is 1.41. The van der Waals surface area contributed by atoms with Crippen LogP contribution in [0.1, 0.15) is 33.6 Å². The Balaban J connectivity index is 1.83. The van der Waals surface area contributed by atoms with Crippen LogP contribution < -0.4 is 0 Å². The molecule has 0 radical (unpaired) electrons. The molecular formula is C21H26O7. The summed E-state index contributed by atoms with van der Waals surface area (Å²) in [6.45, 7) is 8.96. The first-order chi connectivity index (χ1) is 12.9. The van der Waals surface area contributed by atoms with E-state index >= 15 is 0 Å². The van der Waals surface area contributed by atoms with E-state index < -0.39 is 57.6 Å². The molecule has 4 saturated carbocycles. The largest absolute Gasteiger partial charge is 0.481 e. The summed E-state index contributed by atoms with van der Waals surface area (Å²) in [4.78, 5) is 39.2. The van der Waals surface area contributed by atoms with Crippen molar-refractivity contribution in [2.75, 3.05) is 6.61 Å². The minimum absolute atomic E-state index is 0.127. The summed E-state index contributed by atoms with van der Waals surface area (Å²) in [5, 5.41) is 32.9. The average Bonchev–Trinajstić information content (AvgIpc) is 2.83. The highest BCUT2D eigenvalue weighted by Gasteiger charge is 2.88. The van der Waals surface area contributed by atoms with E-state index in [9.17, 15) is 29.7 Å². The van der Waals surface area contributed by atoms with Gasteiger partial charge in [0.05, 0.1) is 17.4 Å². The Morgan fingerprint density at radius 2 is 1.89 bits per heavy atom. The highest BCUT2D eigenvalue weighted by atomic mass is 16.6. The van der Waals surface area contributed by atoms with Crippen molar-refractivity contribution in [2.24, 2.45) is 45.8 Å². The van der Waals surface area contributed by atoms with Crippen molar-refractivity contribution in [3.63, 3.8) is 0 Å². The highest BCUT2D eigenvalue weighted by Crippen LogP contribution is 2.78. The molecule has 7 nitrogen and oxygen atoms in total. The predicted octanol–water partition coefficient (Wildman–Crippen LogP) is 0.780. The molecule has 0 aromatic carbocycles. The van der Waals surface area contributed by atoms with Gasteiger partial charge in [-0.3, -0.25) is 14.4 Å². The molecule has 6 aliphatic rings. The second-order valence-corrected chi connectivity index (χ2v) is 10.2. The number of rotatable bonds is 1. The number of aliphatic carboxylic acids is 1. The van der Waals surface area contributed by atoms with Crippen molar-refractivity contribution in [2.45, 2.75) is 45.5 Å². The van der Waals surface area contributed by atoms with E-state index in [0.717, 1.165) is 0 Å². The number of ketones is 2. The minimum Gasteiger partial charge on any atom is -0.481 e. The second kappa shape index (κ2) is 4.77. The van der Waals surface area contributed by atoms with Crippen molar-refractivity contribution in [3.8, 4) is 0 Å². The van der Waals surface area contributed by atoms with Gasteiger partial charge < -0.3 is 20.1 Å².